The first-order valence-electron chi connectivity index (χ1n) is 10.7. The summed E-state index contributed by atoms with van der Waals surface area (Å²) in [6, 6.07) is 4.89. The minimum Gasteiger partial charge on any atom is -0.534 e. The van der Waals surface area contributed by atoms with E-state index in [1.807, 2.05) is 6.92 Å². The Labute approximate surface area is 181 Å². The van der Waals surface area contributed by atoms with Crippen molar-refractivity contribution in [2.75, 3.05) is 6.79 Å². The largest absolute Gasteiger partial charge is 0.547 e. The Bertz CT molecular complexity index is 796. The lowest BCUT2D eigenvalue weighted by atomic mass is 9.72. The Hall–Kier alpha value is -2.75. The normalized spacial score (nSPS) is 18.4. The topological polar surface area (TPSA) is 120 Å². The number of carbonyl (C=O) groups excluding carboxylic acids is 3. The molecule has 1 heterocycles. The van der Waals surface area contributed by atoms with Gasteiger partial charge >= 0.3 is 19.2 Å². The maximum Gasteiger partial charge on any atom is 0.547 e. The Balaban J connectivity index is 1.53. The molecule has 0 bridgehead atoms. The molecule has 2 N–H and O–H groups in total. The zero-order valence-electron chi connectivity index (χ0n) is 17.6. The van der Waals surface area contributed by atoms with Crippen LogP contribution >= 0.6 is 0 Å². The van der Waals surface area contributed by atoms with Crippen LogP contribution < -0.4 is 9.97 Å². The van der Waals surface area contributed by atoms with E-state index in [9.17, 15) is 19.4 Å². The summed E-state index contributed by atoms with van der Waals surface area (Å²) in [5, 5.41) is 13.0. The molecular formula is C21H28BNO8. The SMILES string of the molecule is CCCC(=O)NC1Cc2cccc(C(=O)OCOC(=O)OC3CCCCC3)c2OB1O. The summed E-state index contributed by atoms with van der Waals surface area (Å²) in [6.07, 6.45) is 5.11. The van der Waals surface area contributed by atoms with Crippen molar-refractivity contribution in [2.24, 2.45) is 0 Å². The molecule has 3 rings (SSSR count). The minimum absolute atomic E-state index is 0.0964. The van der Waals surface area contributed by atoms with Gasteiger partial charge in [0.2, 0.25) is 12.7 Å². The van der Waals surface area contributed by atoms with Crippen molar-refractivity contribution in [3.63, 3.8) is 0 Å². The predicted molar refractivity (Wildman–Crippen MR) is 110 cm³/mol. The fourth-order valence-corrected chi connectivity index (χ4v) is 3.78. The van der Waals surface area contributed by atoms with E-state index >= 15 is 0 Å². The maximum atomic E-state index is 12.5. The number of para-hydroxylation sites is 1. The first-order valence-corrected chi connectivity index (χ1v) is 10.7. The van der Waals surface area contributed by atoms with Crippen LogP contribution in [0.5, 0.6) is 5.75 Å². The number of hydrogen-bond donors (Lipinski definition) is 2. The smallest absolute Gasteiger partial charge is 0.534 e. The summed E-state index contributed by atoms with van der Waals surface area (Å²) in [5.74, 6) is -1.36. The first-order chi connectivity index (χ1) is 15.0. The van der Waals surface area contributed by atoms with Crippen molar-refractivity contribution in [1.82, 2.24) is 5.32 Å². The standard InChI is InChI=1S/C21H28BNO8/c1-2-7-18(24)23-17-12-14-8-6-11-16(19(14)31-22(17)27)20(25)28-13-29-21(26)30-15-9-4-3-5-10-15/h6,8,11,15,17,27H,2-5,7,9-10,12-13H2,1H3,(H,23,24). The third-order valence-electron chi connectivity index (χ3n) is 5.34. The summed E-state index contributed by atoms with van der Waals surface area (Å²) < 4.78 is 20.6. The van der Waals surface area contributed by atoms with E-state index in [0.717, 1.165) is 32.1 Å². The average Bonchev–Trinajstić information content (AvgIpc) is 2.74. The highest BCUT2D eigenvalue weighted by molar-refractivity contribution is 6.47. The molecule has 1 aliphatic carbocycles. The van der Waals surface area contributed by atoms with Crippen LogP contribution in [0.4, 0.5) is 4.79 Å². The highest BCUT2D eigenvalue weighted by Gasteiger charge is 2.37. The molecule has 0 spiro atoms. The lowest BCUT2D eigenvalue weighted by Crippen LogP contribution is -2.53. The molecule has 0 saturated heterocycles. The fourth-order valence-electron chi connectivity index (χ4n) is 3.78. The van der Waals surface area contributed by atoms with Crippen molar-refractivity contribution in [3.05, 3.63) is 29.3 Å². The monoisotopic (exact) mass is 433 g/mol. The van der Waals surface area contributed by atoms with Crippen LogP contribution in [0, 0.1) is 0 Å². The number of benzene rings is 1. The molecule has 1 aliphatic heterocycles. The lowest BCUT2D eigenvalue weighted by Gasteiger charge is -2.29. The highest BCUT2D eigenvalue weighted by atomic mass is 16.8. The van der Waals surface area contributed by atoms with Gasteiger partial charge in [0.05, 0.1) is 5.94 Å². The molecule has 1 saturated carbocycles. The number of hydrogen-bond acceptors (Lipinski definition) is 8. The van der Waals surface area contributed by atoms with Crippen LogP contribution in [0.3, 0.4) is 0 Å². The van der Waals surface area contributed by atoms with E-state index in [1.54, 1.807) is 12.1 Å². The van der Waals surface area contributed by atoms with Crippen LogP contribution in [0.1, 0.15) is 67.8 Å². The van der Waals surface area contributed by atoms with Gasteiger partial charge in [0.1, 0.15) is 17.4 Å². The second-order valence-electron chi connectivity index (χ2n) is 7.75. The van der Waals surface area contributed by atoms with Gasteiger partial charge in [-0.25, -0.2) is 9.59 Å². The number of esters is 1. The van der Waals surface area contributed by atoms with Gasteiger partial charge in [0.25, 0.3) is 0 Å². The molecule has 10 heteroatoms. The van der Waals surface area contributed by atoms with Gasteiger partial charge in [-0.2, -0.15) is 0 Å². The molecule has 1 fully saturated rings. The summed E-state index contributed by atoms with van der Waals surface area (Å²) >= 11 is 0. The van der Waals surface area contributed by atoms with Crippen LogP contribution in [-0.4, -0.2) is 49.0 Å². The van der Waals surface area contributed by atoms with E-state index in [2.05, 4.69) is 5.32 Å². The van der Waals surface area contributed by atoms with Gasteiger partial charge in [0, 0.05) is 6.42 Å². The minimum atomic E-state index is -1.30. The van der Waals surface area contributed by atoms with E-state index < -0.39 is 32.0 Å². The molecule has 1 aromatic carbocycles. The molecule has 0 aromatic heterocycles. The van der Waals surface area contributed by atoms with Crippen LogP contribution in [0.15, 0.2) is 18.2 Å². The number of amides is 1. The van der Waals surface area contributed by atoms with Crippen molar-refractivity contribution in [2.45, 2.75) is 70.3 Å². The zero-order valence-corrected chi connectivity index (χ0v) is 17.6. The summed E-state index contributed by atoms with van der Waals surface area (Å²) in [4.78, 5) is 36.0. The molecule has 2 aliphatic rings. The number of ether oxygens (including phenoxy) is 3. The molecule has 1 unspecified atom stereocenters. The molecule has 1 aromatic rings. The van der Waals surface area contributed by atoms with Gasteiger partial charge in [-0.05, 0) is 50.2 Å². The van der Waals surface area contributed by atoms with Crippen molar-refractivity contribution >= 4 is 25.2 Å². The maximum absolute atomic E-state index is 12.5. The second kappa shape index (κ2) is 11.0. The quantitative estimate of drug-likeness (QED) is 0.382. The fraction of sp³-hybridized carbons (Fsp3) is 0.571. The van der Waals surface area contributed by atoms with Gasteiger partial charge < -0.3 is 29.2 Å². The average molecular weight is 433 g/mol. The van der Waals surface area contributed by atoms with Gasteiger partial charge in [-0.3, -0.25) is 4.79 Å². The van der Waals surface area contributed by atoms with E-state index in [0.29, 0.717) is 24.8 Å². The molecular weight excluding hydrogens is 405 g/mol. The molecule has 1 atom stereocenters. The number of carbonyl (C=O) groups is 3. The van der Waals surface area contributed by atoms with Crippen molar-refractivity contribution in [3.8, 4) is 5.75 Å². The van der Waals surface area contributed by atoms with Crippen molar-refractivity contribution < 1.29 is 38.3 Å². The van der Waals surface area contributed by atoms with E-state index in [4.69, 9.17) is 18.9 Å². The molecule has 1 amide bonds. The highest BCUT2D eigenvalue weighted by Crippen LogP contribution is 2.30. The Morgan fingerprint density at radius 2 is 1.97 bits per heavy atom. The third-order valence-corrected chi connectivity index (χ3v) is 5.34. The van der Waals surface area contributed by atoms with Crippen LogP contribution in [0.25, 0.3) is 0 Å². The van der Waals surface area contributed by atoms with Gasteiger partial charge in [0.15, 0.2) is 0 Å². The Kier molecular flexibility index (Phi) is 8.16. The van der Waals surface area contributed by atoms with E-state index in [-0.39, 0.29) is 23.3 Å². The molecule has 0 radical (unpaired) electrons. The van der Waals surface area contributed by atoms with Crippen molar-refractivity contribution in [1.29, 1.82) is 0 Å². The molecule has 168 valence electrons. The summed E-state index contributed by atoms with van der Waals surface area (Å²) in [7, 11) is -1.30. The number of fused-ring (bicyclic) bond motifs is 1. The predicted octanol–water partition coefficient (Wildman–Crippen LogP) is 2.53. The summed E-state index contributed by atoms with van der Waals surface area (Å²) in [5.41, 5.74) is 0.748. The first kappa shape index (κ1) is 22.9. The third kappa shape index (κ3) is 6.37. The molecule has 9 nitrogen and oxygen atoms in total. The van der Waals surface area contributed by atoms with E-state index in [1.165, 1.54) is 6.07 Å². The van der Waals surface area contributed by atoms with Gasteiger partial charge in [-0.1, -0.05) is 25.5 Å². The second-order valence-corrected chi connectivity index (χ2v) is 7.75. The molecule has 31 heavy (non-hydrogen) atoms. The Morgan fingerprint density at radius 1 is 1.19 bits per heavy atom. The summed E-state index contributed by atoms with van der Waals surface area (Å²) in [6.45, 7) is 1.30. The number of nitrogens with one attached hydrogen (secondary N) is 1. The number of rotatable bonds is 7. The van der Waals surface area contributed by atoms with Crippen LogP contribution in [0.2, 0.25) is 0 Å². The van der Waals surface area contributed by atoms with Gasteiger partial charge in [-0.15, -0.1) is 0 Å². The zero-order chi connectivity index (χ0) is 22.2. The Morgan fingerprint density at radius 3 is 2.71 bits per heavy atom. The lowest BCUT2D eigenvalue weighted by molar-refractivity contribution is -0.121. The van der Waals surface area contributed by atoms with Crippen LogP contribution in [-0.2, 0) is 25.4 Å².